The third kappa shape index (κ3) is 4.54. The molecule has 24 heavy (non-hydrogen) atoms. The second-order valence-electron chi connectivity index (χ2n) is 6.09. The van der Waals surface area contributed by atoms with Gasteiger partial charge in [-0.3, -0.25) is 4.79 Å². The summed E-state index contributed by atoms with van der Waals surface area (Å²) in [4.78, 5) is 24.2. The van der Waals surface area contributed by atoms with Gasteiger partial charge < -0.3 is 20.5 Å². The van der Waals surface area contributed by atoms with Gasteiger partial charge >= 0.3 is 5.97 Å². The van der Waals surface area contributed by atoms with Crippen LogP contribution < -0.4 is 15.8 Å². The van der Waals surface area contributed by atoms with Crippen LogP contribution in [0.15, 0.2) is 12.1 Å². The Bertz CT molecular complexity index is 621. The molecule has 2 unspecified atom stereocenters. The van der Waals surface area contributed by atoms with Gasteiger partial charge in [0.05, 0.1) is 17.8 Å². The second kappa shape index (κ2) is 8.24. The Hall–Kier alpha value is -1.95. The summed E-state index contributed by atoms with van der Waals surface area (Å²) < 4.78 is 10.2. The number of hydrogen-bond donors (Lipinski definition) is 2. The lowest BCUT2D eigenvalue weighted by Crippen LogP contribution is -2.42. The molecule has 7 heteroatoms. The minimum absolute atomic E-state index is 0.135. The lowest BCUT2D eigenvalue weighted by atomic mass is 9.86. The Labute approximate surface area is 146 Å². The standard InChI is InChI=1S/C17H23ClN2O4/c1-10-5-3-4-6-14(10)20-16(21)9-24-17(22)11-7-12(18)13(19)8-15(11)23-2/h7-8,10,14H,3-6,9,19H2,1-2H3,(H,20,21). The number of esters is 1. The predicted octanol–water partition coefficient (Wildman–Crippen LogP) is 2.78. The fourth-order valence-electron chi connectivity index (χ4n) is 2.89. The molecule has 1 aliphatic rings. The number of carbonyl (C=O) groups is 2. The number of nitrogens with one attached hydrogen (secondary N) is 1. The molecule has 1 amide bonds. The van der Waals surface area contributed by atoms with Crippen molar-refractivity contribution in [3.8, 4) is 5.75 Å². The van der Waals surface area contributed by atoms with Crippen LogP contribution in [-0.2, 0) is 9.53 Å². The van der Waals surface area contributed by atoms with Crippen LogP contribution in [-0.4, -0.2) is 31.6 Å². The van der Waals surface area contributed by atoms with Gasteiger partial charge in [-0.2, -0.15) is 0 Å². The van der Waals surface area contributed by atoms with Gasteiger partial charge in [-0.1, -0.05) is 31.4 Å². The zero-order valence-corrected chi connectivity index (χ0v) is 14.7. The highest BCUT2D eigenvalue weighted by Gasteiger charge is 2.23. The maximum atomic E-state index is 12.2. The summed E-state index contributed by atoms with van der Waals surface area (Å²) in [5.74, 6) is -0.291. The smallest absolute Gasteiger partial charge is 0.342 e. The van der Waals surface area contributed by atoms with Gasteiger partial charge in [0.2, 0.25) is 0 Å². The van der Waals surface area contributed by atoms with Crippen LogP contribution in [0.4, 0.5) is 5.69 Å². The lowest BCUT2D eigenvalue weighted by molar-refractivity contribution is -0.125. The molecule has 0 radical (unpaired) electrons. The van der Waals surface area contributed by atoms with Crippen LogP contribution in [0.1, 0.15) is 43.0 Å². The maximum Gasteiger partial charge on any atom is 0.342 e. The van der Waals surface area contributed by atoms with Gasteiger partial charge in [-0.25, -0.2) is 4.79 Å². The minimum Gasteiger partial charge on any atom is -0.496 e. The van der Waals surface area contributed by atoms with Crippen LogP contribution >= 0.6 is 11.6 Å². The van der Waals surface area contributed by atoms with E-state index in [4.69, 9.17) is 26.8 Å². The van der Waals surface area contributed by atoms with Crippen molar-refractivity contribution in [2.24, 2.45) is 5.92 Å². The van der Waals surface area contributed by atoms with E-state index in [1.165, 1.54) is 25.7 Å². The molecule has 0 aromatic heterocycles. The highest BCUT2D eigenvalue weighted by Crippen LogP contribution is 2.29. The highest BCUT2D eigenvalue weighted by atomic mass is 35.5. The van der Waals surface area contributed by atoms with Gasteiger partial charge in [-0.05, 0) is 24.8 Å². The molecule has 0 heterocycles. The van der Waals surface area contributed by atoms with E-state index >= 15 is 0 Å². The number of nitrogens with two attached hydrogens (primary N) is 1. The number of amides is 1. The predicted molar refractivity (Wildman–Crippen MR) is 92.3 cm³/mol. The second-order valence-corrected chi connectivity index (χ2v) is 6.49. The first-order chi connectivity index (χ1) is 11.4. The van der Waals surface area contributed by atoms with Crippen molar-refractivity contribution in [1.82, 2.24) is 5.32 Å². The molecule has 1 aromatic carbocycles. The van der Waals surface area contributed by atoms with Gasteiger partial charge in [0.15, 0.2) is 6.61 Å². The van der Waals surface area contributed by atoms with Crippen LogP contribution in [0.25, 0.3) is 0 Å². The van der Waals surface area contributed by atoms with E-state index in [2.05, 4.69) is 12.2 Å². The summed E-state index contributed by atoms with van der Waals surface area (Å²) in [6, 6.07) is 2.97. The lowest BCUT2D eigenvalue weighted by Gasteiger charge is -2.29. The first-order valence-electron chi connectivity index (χ1n) is 8.02. The van der Waals surface area contributed by atoms with Crippen LogP contribution in [0.3, 0.4) is 0 Å². The molecule has 1 saturated carbocycles. The molecule has 0 spiro atoms. The molecule has 1 fully saturated rings. The maximum absolute atomic E-state index is 12.2. The minimum atomic E-state index is -0.680. The van der Waals surface area contributed by atoms with Crippen LogP contribution in [0, 0.1) is 5.92 Å². The first-order valence-corrected chi connectivity index (χ1v) is 8.39. The molecule has 0 saturated heterocycles. The van der Waals surface area contributed by atoms with E-state index in [1.54, 1.807) is 0 Å². The number of ether oxygens (including phenoxy) is 2. The summed E-state index contributed by atoms with van der Waals surface area (Å²) in [6.07, 6.45) is 4.37. The molecule has 2 atom stereocenters. The Kier molecular flexibility index (Phi) is 6.31. The fourth-order valence-corrected chi connectivity index (χ4v) is 3.05. The monoisotopic (exact) mass is 354 g/mol. The summed E-state index contributed by atoms with van der Waals surface area (Å²) in [6.45, 7) is 1.78. The fraction of sp³-hybridized carbons (Fsp3) is 0.529. The Morgan fingerprint density at radius 2 is 2.04 bits per heavy atom. The number of rotatable bonds is 5. The van der Waals surface area contributed by atoms with E-state index in [1.807, 2.05) is 0 Å². The van der Waals surface area contributed by atoms with Crippen molar-refractivity contribution in [1.29, 1.82) is 0 Å². The Morgan fingerprint density at radius 1 is 1.33 bits per heavy atom. The molecule has 2 rings (SSSR count). The third-order valence-electron chi connectivity index (χ3n) is 4.33. The van der Waals surface area contributed by atoms with Crippen molar-refractivity contribution in [2.75, 3.05) is 19.5 Å². The van der Waals surface area contributed by atoms with Gasteiger partial charge in [-0.15, -0.1) is 0 Å². The zero-order chi connectivity index (χ0) is 17.7. The number of hydrogen-bond acceptors (Lipinski definition) is 5. The molecular formula is C17H23ClN2O4. The topological polar surface area (TPSA) is 90.7 Å². The van der Waals surface area contributed by atoms with E-state index in [0.717, 1.165) is 19.3 Å². The van der Waals surface area contributed by atoms with Crippen LogP contribution in [0.5, 0.6) is 5.75 Å². The largest absolute Gasteiger partial charge is 0.496 e. The number of nitrogen functional groups attached to an aromatic ring is 1. The number of methoxy groups -OCH3 is 1. The molecule has 0 aliphatic heterocycles. The van der Waals surface area contributed by atoms with Crippen molar-refractivity contribution in [2.45, 2.75) is 38.6 Å². The number of halogens is 1. The zero-order valence-electron chi connectivity index (χ0n) is 13.9. The van der Waals surface area contributed by atoms with Gasteiger partial charge in [0.1, 0.15) is 11.3 Å². The van der Waals surface area contributed by atoms with E-state index in [9.17, 15) is 9.59 Å². The molecule has 1 aliphatic carbocycles. The van der Waals surface area contributed by atoms with Crippen molar-refractivity contribution >= 4 is 29.2 Å². The number of benzene rings is 1. The number of anilines is 1. The van der Waals surface area contributed by atoms with E-state index in [0.29, 0.717) is 11.6 Å². The molecule has 1 aromatic rings. The molecule has 132 valence electrons. The van der Waals surface area contributed by atoms with E-state index in [-0.39, 0.29) is 34.9 Å². The summed E-state index contributed by atoms with van der Waals surface area (Å²) >= 11 is 5.93. The quantitative estimate of drug-likeness (QED) is 0.626. The first kappa shape index (κ1) is 18.4. The van der Waals surface area contributed by atoms with E-state index < -0.39 is 5.97 Å². The molecule has 3 N–H and O–H groups in total. The summed E-state index contributed by atoms with van der Waals surface area (Å²) in [5, 5.41) is 3.16. The van der Waals surface area contributed by atoms with Crippen molar-refractivity contribution in [3.05, 3.63) is 22.7 Å². The van der Waals surface area contributed by atoms with Crippen LogP contribution in [0.2, 0.25) is 5.02 Å². The molecular weight excluding hydrogens is 332 g/mol. The average Bonchev–Trinajstić information content (AvgIpc) is 2.56. The summed E-state index contributed by atoms with van der Waals surface area (Å²) in [7, 11) is 1.41. The Balaban J connectivity index is 1.93. The highest BCUT2D eigenvalue weighted by molar-refractivity contribution is 6.33. The molecule has 0 bridgehead atoms. The van der Waals surface area contributed by atoms with Gasteiger partial charge in [0.25, 0.3) is 5.91 Å². The molecule has 6 nitrogen and oxygen atoms in total. The average molecular weight is 355 g/mol. The van der Waals surface area contributed by atoms with Gasteiger partial charge in [0, 0.05) is 12.1 Å². The third-order valence-corrected chi connectivity index (χ3v) is 4.66. The van der Waals surface area contributed by atoms with Crippen molar-refractivity contribution in [3.63, 3.8) is 0 Å². The summed E-state index contributed by atoms with van der Waals surface area (Å²) in [5.41, 5.74) is 6.11. The van der Waals surface area contributed by atoms with Crippen molar-refractivity contribution < 1.29 is 19.1 Å². The number of carbonyl (C=O) groups excluding carboxylic acids is 2. The SMILES string of the molecule is COc1cc(N)c(Cl)cc1C(=O)OCC(=O)NC1CCCCC1C. The normalized spacial score (nSPS) is 20.3. The Morgan fingerprint density at radius 3 is 2.71 bits per heavy atom.